The van der Waals surface area contributed by atoms with Crippen LogP contribution in [0.4, 0.5) is 10.1 Å². The van der Waals surface area contributed by atoms with Gasteiger partial charge < -0.3 is 20.0 Å². The molecule has 0 saturated carbocycles. The maximum Gasteiger partial charge on any atom is 0.277 e. The molecule has 1 aliphatic rings. The van der Waals surface area contributed by atoms with Crippen LogP contribution in [0.2, 0.25) is 0 Å². The highest BCUT2D eigenvalue weighted by Gasteiger charge is 2.24. The minimum Gasteiger partial charge on any atom is -0.360 e. The van der Waals surface area contributed by atoms with Gasteiger partial charge in [0.15, 0.2) is 6.54 Å². The second-order valence-electron chi connectivity index (χ2n) is 6.49. The first kappa shape index (κ1) is 19.2. The summed E-state index contributed by atoms with van der Waals surface area (Å²) in [6.45, 7) is 6.48. The van der Waals surface area contributed by atoms with Crippen LogP contribution in [0, 0.1) is 5.82 Å². The third kappa shape index (κ3) is 6.01. The number of likely N-dealkylation sites (N-methyl/N-ethyl adjacent to an activating group) is 1. The summed E-state index contributed by atoms with van der Waals surface area (Å²) in [4.78, 5) is 28.9. The molecular weight excluding hydrogens is 323 g/mol. The Morgan fingerprint density at radius 3 is 2.48 bits per heavy atom. The van der Waals surface area contributed by atoms with Crippen molar-refractivity contribution in [2.45, 2.75) is 13.3 Å². The van der Waals surface area contributed by atoms with Crippen molar-refractivity contribution in [2.24, 2.45) is 0 Å². The maximum absolute atomic E-state index is 13.0. The number of benzene rings is 1. The van der Waals surface area contributed by atoms with Crippen molar-refractivity contribution in [1.82, 2.24) is 10.2 Å². The molecular formula is C18H28FN4O2+. The lowest BCUT2D eigenvalue weighted by molar-refractivity contribution is -0.892. The molecule has 1 aliphatic heterocycles. The fourth-order valence-electron chi connectivity index (χ4n) is 2.88. The molecule has 1 saturated heterocycles. The number of quaternary nitrogens is 1. The van der Waals surface area contributed by atoms with E-state index in [-0.39, 0.29) is 24.2 Å². The van der Waals surface area contributed by atoms with E-state index >= 15 is 0 Å². The number of carbonyl (C=O) groups is 2. The van der Waals surface area contributed by atoms with Crippen LogP contribution in [-0.4, -0.2) is 69.6 Å². The molecule has 1 aromatic rings. The largest absolute Gasteiger partial charge is 0.360 e. The number of nitrogens with one attached hydrogen (secondary N) is 2. The average Bonchev–Trinajstić information content (AvgIpc) is 2.61. The van der Waals surface area contributed by atoms with Crippen molar-refractivity contribution in [3.8, 4) is 0 Å². The van der Waals surface area contributed by atoms with Crippen molar-refractivity contribution >= 4 is 17.5 Å². The molecule has 1 heterocycles. The van der Waals surface area contributed by atoms with E-state index in [1.165, 1.54) is 21.9 Å². The van der Waals surface area contributed by atoms with Gasteiger partial charge in [-0.25, -0.2) is 4.39 Å². The zero-order valence-corrected chi connectivity index (χ0v) is 15.1. The predicted molar refractivity (Wildman–Crippen MR) is 95.1 cm³/mol. The molecule has 7 heteroatoms. The maximum atomic E-state index is 13.0. The van der Waals surface area contributed by atoms with Crippen LogP contribution in [0.5, 0.6) is 0 Å². The standard InChI is InChI=1S/C18H27FN4O2/c1-3-8-20-17(24)13-21(2)18(25)14-22-9-11-23(12-10-22)16-6-4-15(19)5-7-16/h4-7H,3,8-14H2,1-2H3,(H,20,24)/p+1. The van der Waals surface area contributed by atoms with Gasteiger partial charge in [-0.1, -0.05) is 6.92 Å². The number of amides is 2. The molecule has 1 aromatic carbocycles. The number of piperazine rings is 1. The first-order chi connectivity index (χ1) is 12.0. The summed E-state index contributed by atoms with van der Waals surface area (Å²) in [7, 11) is 1.67. The molecule has 2 N–H and O–H groups in total. The molecule has 2 rings (SSSR count). The quantitative estimate of drug-likeness (QED) is 0.697. The molecule has 6 nitrogen and oxygen atoms in total. The van der Waals surface area contributed by atoms with Crippen LogP contribution in [0.3, 0.4) is 0 Å². The van der Waals surface area contributed by atoms with Gasteiger partial charge in [0.1, 0.15) is 5.82 Å². The molecule has 0 unspecified atom stereocenters. The van der Waals surface area contributed by atoms with Crippen molar-refractivity contribution < 1.29 is 18.9 Å². The highest BCUT2D eigenvalue weighted by Crippen LogP contribution is 2.14. The summed E-state index contributed by atoms with van der Waals surface area (Å²) in [5, 5.41) is 2.78. The van der Waals surface area contributed by atoms with Crippen LogP contribution in [0.25, 0.3) is 0 Å². The van der Waals surface area contributed by atoms with Crippen molar-refractivity contribution in [2.75, 3.05) is 57.8 Å². The molecule has 25 heavy (non-hydrogen) atoms. The fourth-order valence-corrected chi connectivity index (χ4v) is 2.88. The lowest BCUT2D eigenvalue weighted by Gasteiger charge is -2.33. The van der Waals surface area contributed by atoms with Crippen LogP contribution in [0.1, 0.15) is 13.3 Å². The third-order valence-electron chi connectivity index (χ3n) is 4.44. The number of hydrogen-bond acceptors (Lipinski definition) is 3. The number of nitrogens with zero attached hydrogens (tertiary/aromatic N) is 2. The van der Waals surface area contributed by atoms with Gasteiger partial charge in [-0.05, 0) is 30.7 Å². The summed E-state index contributed by atoms with van der Waals surface area (Å²) >= 11 is 0. The van der Waals surface area contributed by atoms with Gasteiger partial charge in [0, 0.05) is 19.3 Å². The topological polar surface area (TPSA) is 57.1 Å². The summed E-state index contributed by atoms with van der Waals surface area (Å²) in [5.74, 6) is -0.365. The van der Waals surface area contributed by atoms with Crippen LogP contribution >= 0.6 is 0 Å². The lowest BCUT2D eigenvalue weighted by Crippen LogP contribution is -3.15. The van der Waals surface area contributed by atoms with E-state index in [1.54, 1.807) is 19.2 Å². The average molecular weight is 351 g/mol. The Hall–Kier alpha value is -2.15. The SMILES string of the molecule is CCCNC(=O)CN(C)C(=O)C[NH+]1CCN(c2ccc(F)cc2)CC1. The molecule has 1 fully saturated rings. The van der Waals surface area contributed by atoms with Gasteiger partial charge in [0.05, 0.1) is 32.7 Å². The summed E-state index contributed by atoms with van der Waals surface area (Å²) in [6.07, 6.45) is 0.881. The zero-order valence-electron chi connectivity index (χ0n) is 15.1. The van der Waals surface area contributed by atoms with Gasteiger partial charge in [0.25, 0.3) is 5.91 Å². The molecule has 0 radical (unpaired) electrons. The molecule has 0 atom stereocenters. The van der Waals surface area contributed by atoms with Crippen LogP contribution in [-0.2, 0) is 9.59 Å². The van der Waals surface area contributed by atoms with Gasteiger partial charge in [-0.3, -0.25) is 9.59 Å². The smallest absolute Gasteiger partial charge is 0.277 e. The first-order valence-electron chi connectivity index (χ1n) is 8.84. The Morgan fingerprint density at radius 1 is 1.24 bits per heavy atom. The Bertz CT molecular complexity index is 571. The van der Waals surface area contributed by atoms with Crippen molar-refractivity contribution in [1.29, 1.82) is 0 Å². The Morgan fingerprint density at radius 2 is 1.88 bits per heavy atom. The number of carbonyl (C=O) groups excluding carboxylic acids is 2. The Labute approximate surface area is 148 Å². The predicted octanol–water partition coefficient (Wildman–Crippen LogP) is -0.485. The lowest BCUT2D eigenvalue weighted by atomic mass is 10.2. The van der Waals surface area contributed by atoms with E-state index in [4.69, 9.17) is 0 Å². The highest BCUT2D eigenvalue weighted by atomic mass is 19.1. The van der Waals surface area contributed by atoms with Gasteiger partial charge in [-0.15, -0.1) is 0 Å². The van der Waals surface area contributed by atoms with Gasteiger partial charge in [-0.2, -0.15) is 0 Å². The number of rotatable bonds is 7. The third-order valence-corrected chi connectivity index (χ3v) is 4.44. The van der Waals surface area contributed by atoms with E-state index in [9.17, 15) is 14.0 Å². The number of halogens is 1. The monoisotopic (exact) mass is 351 g/mol. The van der Waals surface area contributed by atoms with E-state index in [0.717, 1.165) is 38.3 Å². The minimum atomic E-state index is -0.232. The van der Waals surface area contributed by atoms with Crippen LogP contribution < -0.4 is 15.1 Å². The fraction of sp³-hybridized carbons (Fsp3) is 0.556. The highest BCUT2D eigenvalue weighted by molar-refractivity contribution is 5.84. The van der Waals surface area contributed by atoms with Crippen molar-refractivity contribution in [3.05, 3.63) is 30.1 Å². The summed E-state index contributed by atoms with van der Waals surface area (Å²) < 4.78 is 13.0. The van der Waals surface area contributed by atoms with Crippen molar-refractivity contribution in [3.63, 3.8) is 0 Å². The summed E-state index contributed by atoms with van der Waals surface area (Å²) in [6, 6.07) is 6.51. The summed E-state index contributed by atoms with van der Waals surface area (Å²) in [5.41, 5.74) is 1.01. The minimum absolute atomic E-state index is 0.0168. The van der Waals surface area contributed by atoms with Crippen LogP contribution in [0.15, 0.2) is 24.3 Å². The first-order valence-corrected chi connectivity index (χ1v) is 8.84. The normalized spacial score (nSPS) is 15.1. The molecule has 2 amide bonds. The second kappa shape index (κ2) is 9.36. The molecule has 0 aliphatic carbocycles. The molecule has 138 valence electrons. The number of anilines is 1. The molecule has 0 spiro atoms. The van der Waals surface area contributed by atoms with E-state index < -0.39 is 0 Å². The number of hydrogen-bond donors (Lipinski definition) is 2. The Kier molecular flexibility index (Phi) is 7.18. The van der Waals surface area contributed by atoms with E-state index in [2.05, 4.69) is 10.2 Å². The molecule has 0 bridgehead atoms. The zero-order chi connectivity index (χ0) is 18.2. The Balaban J connectivity index is 1.74. The van der Waals surface area contributed by atoms with Gasteiger partial charge >= 0.3 is 0 Å². The van der Waals surface area contributed by atoms with Gasteiger partial charge in [0.2, 0.25) is 5.91 Å². The van der Waals surface area contributed by atoms with E-state index in [0.29, 0.717) is 13.1 Å². The molecule has 0 aromatic heterocycles. The second-order valence-corrected chi connectivity index (χ2v) is 6.49. The van der Waals surface area contributed by atoms with E-state index in [1.807, 2.05) is 6.92 Å².